The monoisotopic (exact) mass is 246 g/mol. The molecule has 0 saturated heterocycles. The average molecular weight is 246 g/mol. The first kappa shape index (κ1) is 12.3. The summed E-state index contributed by atoms with van der Waals surface area (Å²) in [4.78, 5) is 5.75. The fraction of sp³-hybridized carbons (Fsp3) is 0.357. The van der Waals surface area contributed by atoms with E-state index in [9.17, 15) is 0 Å². The molecule has 0 aliphatic heterocycles. The van der Waals surface area contributed by atoms with Gasteiger partial charge in [-0.15, -0.1) is 11.3 Å². The largest absolute Gasteiger partial charge is 0.319 e. The van der Waals surface area contributed by atoms with Crippen molar-refractivity contribution in [3.63, 3.8) is 0 Å². The van der Waals surface area contributed by atoms with Gasteiger partial charge >= 0.3 is 0 Å². The summed E-state index contributed by atoms with van der Waals surface area (Å²) in [6, 6.07) is 6.57. The second kappa shape index (κ2) is 5.43. The lowest BCUT2D eigenvalue weighted by Crippen LogP contribution is -2.09. The quantitative estimate of drug-likeness (QED) is 0.896. The van der Waals surface area contributed by atoms with E-state index in [0.29, 0.717) is 0 Å². The SMILES string of the molecule is CNCCc1ncc(-c2cc(C)ccc2C)s1. The number of hydrogen-bond donors (Lipinski definition) is 1. The minimum Gasteiger partial charge on any atom is -0.319 e. The zero-order chi connectivity index (χ0) is 12.3. The maximum atomic E-state index is 4.48. The molecule has 2 aromatic rings. The molecule has 0 radical (unpaired) electrons. The summed E-state index contributed by atoms with van der Waals surface area (Å²) in [5.74, 6) is 0. The van der Waals surface area contributed by atoms with Crippen LogP contribution in [0.4, 0.5) is 0 Å². The molecule has 0 aliphatic carbocycles. The van der Waals surface area contributed by atoms with Crippen molar-refractivity contribution in [2.45, 2.75) is 20.3 Å². The van der Waals surface area contributed by atoms with Crippen LogP contribution >= 0.6 is 11.3 Å². The fourth-order valence-corrected chi connectivity index (χ4v) is 2.78. The number of aryl methyl sites for hydroxylation is 2. The zero-order valence-corrected chi connectivity index (χ0v) is 11.4. The first-order valence-electron chi connectivity index (χ1n) is 5.87. The topological polar surface area (TPSA) is 24.9 Å². The van der Waals surface area contributed by atoms with Crippen molar-refractivity contribution in [1.82, 2.24) is 10.3 Å². The number of aromatic nitrogens is 1. The molecule has 1 N–H and O–H groups in total. The van der Waals surface area contributed by atoms with Crippen LogP contribution < -0.4 is 5.32 Å². The first-order valence-corrected chi connectivity index (χ1v) is 6.69. The number of likely N-dealkylation sites (N-methyl/N-ethyl adjacent to an activating group) is 1. The van der Waals surface area contributed by atoms with Crippen LogP contribution in [0.15, 0.2) is 24.4 Å². The molecule has 90 valence electrons. The van der Waals surface area contributed by atoms with Gasteiger partial charge in [0.15, 0.2) is 0 Å². The van der Waals surface area contributed by atoms with E-state index in [1.54, 1.807) is 11.3 Å². The molecular formula is C14H18N2S. The van der Waals surface area contributed by atoms with Gasteiger partial charge in [0.1, 0.15) is 0 Å². The molecule has 0 atom stereocenters. The van der Waals surface area contributed by atoms with Gasteiger partial charge in [0.2, 0.25) is 0 Å². The van der Waals surface area contributed by atoms with Crippen molar-refractivity contribution in [3.8, 4) is 10.4 Å². The van der Waals surface area contributed by atoms with Gasteiger partial charge in [-0.25, -0.2) is 4.98 Å². The highest BCUT2D eigenvalue weighted by Gasteiger charge is 2.07. The molecule has 17 heavy (non-hydrogen) atoms. The van der Waals surface area contributed by atoms with E-state index in [1.165, 1.54) is 26.6 Å². The van der Waals surface area contributed by atoms with Crippen LogP contribution in [0.5, 0.6) is 0 Å². The van der Waals surface area contributed by atoms with Crippen molar-refractivity contribution < 1.29 is 0 Å². The number of hydrogen-bond acceptors (Lipinski definition) is 3. The van der Waals surface area contributed by atoms with E-state index in [-0.39, 0.29) is 0 Å². The molecule has 3 heteroatoms. The Morgan fingerprint density at radius 3 is 2.88 bits per heavy atom. The van der Waals surface area contributed by atoms with E-state index in [0.717, 1.165) is 13.0 Å². The minimum absolute atomic E-state index is 0.986. The normalized spacial score (nSPS) is 10.8. The lowest BCUT2D eigenvalue weighted by Gasteiger charge is -2.03. The van der Waals surface area contributed by atoms with Crippen LogP contribution in [-0.2, 0) is 6.42 Å². The van der Waals surface area contributed by atoms with Gasteiger partial charge in [0, 0.05) is 19.2 Å². The maximum Gasteiger partial charge on any atom is 0.0943 e. The van der Waals surface area contributed by atoms with Crippen molar-refractivity contribution in [2.75, 3.05) is 13.6 Å². The van der Waals surface area contributed by atoms with Crippen LogP contribution in [0.3, 0.4) is 0 Å². The van der Waals surface area contributed by atoms with Crippen LogP contribution in [-0.4, -0.2) is 18.6 Å². The van der Waals surface area contributed by atoms with Crippen molar-refractivity contribution in [1.29, 1.82) is 0 Å². The second-order valence-corrected chi connectivity index (χ2v) is 5.41. The van der Waals surface area contributed by atoms with Gasteiger partial charge in [-0.3, -0.25) is 0 Å². The van der Waals surface area contributed by atoms with E-state index in [4.69, 9.17) is 0 Å². The molecule has 0 bridgehead atoms. The number of thiazole rings is 1. The van der Waals surface area contributed by atoms with E-state index in [2.05, 4.69) is 42.3 Å². The summed E-state index contributed by atoms with van der Waals surface area (Å²) in [6.07, 6.45) is 3.00. The third kappa shape index (κ3) is 2.93. The number of rotatable bonds is 4. The van der Waals surface area contributed by atoms with Crippen molar-refractivity contribution in [3.05, 3.63) is 40.5 Å². The molecule has 0 aliphatic rings. The predicted molar refractivity (Wildman–Crippen MR) is 74.7 cm³/mol. The van der Waals surface area contributed by atoms with Gasteiger partial charge in [-0.2, -0.15) is 0 Å². The first-order chi connectivity index (χ1) is 8.20. The predicted octanol–water partition coefficient (Wildman–Crippen LogP) is 3.19. The summed E-state index contributed by atoms with van der Waals surface area (Å²) in [5.41, 5.74) is 3.94. The molecular weight excluding hydrogens is 228 g/mol. The Morgan fingerprint density at radius 2 is 2.12 bits per heavy atom. The lowest BCUT2D eigenvalue weighted by atomic mass is 10.1. The second-order valence-electron chi connectivity index (χ2n) is 4.29. The van der Waals surface area contributed by atoms with Crippen molar-refractivity contribution in [2.24, 2.45) is 0 Å². The smallest absolute Gasteiger partial charge is 0.0943 e. The third-order valence-electron chi connectivity index (χ3n) is 2.80. The fourth-order valence-electron chi connectivity index (χ4n) is 1.78. The molecule has 0 unspecified atom stereocenters. The number of benzene rings is 1. The van der Waals surface area contributed by atoms with Gasteiger partial charge in [-0.1, -0.05) is 23.8 Å². The van der Waals surface area contributed by atoms with E-state index in [1.807, 2.05) is 13.2 Å². The lowest BCUT2D eigenvalue weighted by molar-refractivity contribution is 0.787. The van der Waals surface area contributed by atoms with Crippen LogP contribution in [0.25, 0.3) is 10.4 Å². The Labute approximate surface area is 107 Å². The van der Waals surface area contributed by atoms with E-state index >= 15 is 0 Å². The Bertz CT molecular complexity index is 503. The molecule has 2 rings (SSSR count). The summed E-state index contributed by atoms with van der Waals surface area (Å²) in [7, 11) is 1.97. The Morgan fingerprint density at radius 1 is 1.29 bits per heavy atom. The highest BCUT2D eigenvalue weighted by Crippen LogP contribution is 2.29. The van der Waals surface area contributed by atoms with Gasteiger partial charge < -0.3 is 5.32 Å². The van der Waals surface area contributed by atoms with Crippen LogP contribution in [0, 0.1) is 13.8 Å². The zero-order valence-electron chi connectivity index (χ0n) is 10.6. The highest BCUT2D eigenvalue weighted by molar-refractivity contribution is 7.15. The minimum atomic E-state index is 0.986. The summed E-state index contributed by atoms with van der Waals surface area (Å²) < 4.78 is 0. The summed E-state index contributed by atoms with van der Waals surface area (Å²) in [5, 5.41) is 4.36. The van der Waals surface area contributed by atoms with Crippen LogP contribution in [0.2, 0.25) is 0 Å². The van der Waals surface area contributed by atoms with Crippen LogP contribution in [0.1, 0.15) is 16.1 Å². The number of nitrogens with zero attached hydrogens (tertiary/aromatic N) is 1. The Kier molecular flexibility index (Phi) is 3.92. The molecule has 2 nitrogen and oxygen atoms in total. The van der Waals surface area contributed by atoms with E-state index < -0.39 is 0 Å². The molecule has 0 saturated carbocycles. The van der Waals surface area contributed by atoms with Crippen molar-refractivity contribution >= 4 is 11.3 Å². The highest BCUT2D eigenvalue weighted by atomic mass is 32.1. The number of nitrogens with one attached hydrogen (secondary N) is 1. The average Bonchev–Trinajstić information content (AvgIpc) is 2.78. The molecule has 0 spiro atoms. The molecule has 1 aromatic carbocycles. The Hall–Kier alpha value is -1.19. The van der Waals surface area contributed by atoms with Gasteiger partial charge in [-0.05, 0) is 32.0 Å². The Balaban J connectivity index is 2.27. The molecule has 1 aromatic heterocycles. The maximum absolute atomic E-state index is 4.48. The molecule has 1 heterocycles. The van der Waals surface area contributed by atoms with Gasteiger partial charge in [0.25, 0.3) is 0 Å². The summed E-state index contributed by atoms with van der Waals surface area (Å²) >= 11 is 1.80. The molecule has 0 fully saturated rings. The van der Waals surface area contributed by atoms with Gasteiger partial charge in [0.05, 0.1) is 9.88 Å². The molecule has 0 amide bonds. The standard InChI is InChI=1S/C14H18N2S/c1-10-4-5-11(2)12(8-10)13-9-16-14(17-13)6-7-15-3/h4-5,8-9,15H,6-7H2,1-3H3. The third-order valence-corrected chi connectivity index (χ3v) is 3.89. The summed E-state index contributed by atoms with van der Waals surface area (Å²) in [6.45, 7) is 5.27.